The van der Waals surface area contributed by atoms with Gasteiger partial charge in [0.2, 0.25) is 0 Å². The van der Waals surface area contributed by atoms with Crippen molar-refractivity contribution < 1.29 is 17.9 Å². The highest BCUT2D eigenvalue weighted by Gasteiger charge is 2.32. The van der Waals surface area contributed by atoms with Gasteiger partial charge in [-0.3, -0.25) is 4.98 Å². The summed E-state index contributed by atoms with van der Waals surface area (Å²) in [5, 5.41) is 2.91. The van der Waals surface area contributed by atoms with Crippen molar-refractivity contribution in [1.82, 2.24) is 10.3 Å². The van der Waals surface area contributed by atoms with Gasteiger partial charge in [0.1, 0.15) is 5.75 Å². The van der Waals surface area contributed by atoms with Crippen LogP contribution >= 0.6 is 0 Å². The summed E-state index contributed by atoms with van der Waals surface area (Å²) in [5.74, 6) is 0.489. The molecule has 1 N–H and O–H groups in total. The molecule has 0 saturated carbocycles. The highest BCUT2D eigenvalue weighted by atomic mass is 19.4. The molecule has 6 heteroatoms. The molecule has 1 unspecified atom stereocenters. The fourth-order valence-corrected chi connectivity index (χ4v) is 1.82. The van der Waals surface area contributed by atoms with Gasteiger partial charge in [-0.15, -0.1) is 0 Å². The Hall–Kier alpha value is -1.30. The summed E-state index contributed by atoms with van der Waals surface area (Å²) in [6.45, 7) is 6.15. The molecule has 3 nitrogen and oxygen atoms in total. The lowest BCUT2D eigenvalue weighted by atomic mass is 10.1. The van der Waals surface area contributed by atoms with Crippen LogP contribution in [0.4, 0.5) is 13.2 Å². The Morgan fingerprint density at radius 1 is 1.30 bits per heavy atom. The molecule has 1 rings (SSSR count). The molecule has 0 aliphatic carbocycles. The third kappa shape index (κ3) is 6.23. The summed E-state index contributed by atoms with van der Waals surface area (Å²) in [4.78, 5) is 3.96. The zero-order valence-corrected chi connectivity index (χ0v) is 12.0. The quantitative estimate of drug-likeness (QED) is 0.828. The first-order valence-electron chi connectivity index (χ1n) is 6.73. The summed E-state index contributed by atoms with van der Waals surface area (Å²) < 4.78 is 43.4. The summed E-state index contributed by atoms with van der Waals surface area (Å²) in [6.07, 6.45) is -1.46. The highest BCUT2D eigenvalue weighted by molar-refractivity contribution is 5.26. The minimum Gasteiger partial charge on any atom is -0.489 e. The molecule has 0 aromatic carbocycles. The van der Waals surface area contributed by atoms with Gasteiger partial charge < -0.3 is 10.1 Å². The van der Waals surface area contributed by atoms with Gasteiger partial charge in [0.05, 0.1) is 18.7 Å². The monoisotopic (exact) mass is 290 g/mol. The van der Waals surface area contributed by atoms with Crippen molar-refractivity contribution in [2.45, 2.75) is 51.9 Å². The first-order valence-corrected chi connectivity index (χ1v) is 6.73. The normalized spacial score (nSPS) is 13.6. The van der Waals surface area contributed by atoms with Gasteiger partial charge in [-0.1, -0.05) is 6.92 Å². The summed E-state index contributed by atoms with van der Waals surface area (Å²) >= 11 is 0. The lowest BCUT2D eigenvalue weighted by Gasteiger charge is -2.21. The molecule has 0 amide bonds. The van der Waals surface area contributed by atoms with Crippen LogP contribution in [0.25, 0.3) is 0 Å². The molecule has 1 aromatic rings. The Labute approximate surface area is 117 Å². The molecule has 0 spiro atoms. The number of hydrogen-bond donors (Lipinski definition) is 1. The maximum absolute atomic E-state index is 12.6. The summed E-state index contributed by atoms with van der Waals surface area (Å²) in [7, 11) is 0. The molecule has 0 aliphatic heterocycles. The minimum atomic E-state index is -4.22. The molecule has 0 radical (unpaired) electrons. The average molecular weight is 290 g/mol. The number of rotatable bonds is 7. The average Bonchev–Trinajstić information content (AvgIpc) is 2.32. The van der Waals surface area contributed by atoms with E-state index in [1.54, 1.807) is 6.07 Å². The molecule has 1 aromatic heterocycles. The first-order chi connectivity index (χ1) is 9.31. The van der Waals surface area contributed by atoms with E-state index in [1.807, 2.05) is 20.8 Å². The number of alkyl halides is 3. The van der Waals surface area contributed by atoms with Gasteiger partial charge in [-0.05, 0) is 38.4 Å². The van der Waals surface area contributed by atoms with Crippen LogP contribution in [0.2, 0.25) is 0 Å². The van der Waals surface area contributed by atoms with E-state index in [-0.39, 0.29) is 6.10 Å². The van der Waals surface area contributed by atoms with Crippen LogP contribution in [0.1, 0.15) is 45.2 Å². The fourth-order valence-electron chi connectivity index (χ4n) is 1.82. The van der Waals surface area contributed by atoms with Crippen LogP contribution < -0.4 is 10.1 Å². The molecule has 1 atom stereocenters. The molecule has 20 heavy (non-hydrogen) atoms. The smallest absolute Gasteiger partial charge is 0.390 e. The standard InChI is InChI=1S/C14H21F3N2O/c1-4-5-19-13(7-14(15,16)17)11-6-12(9-18-8-11)20-10(2)3/h6,8-10,13,19H,4-5,7H2,1-3H3. The van der Waals surface area contributed by atoms with Gasteiger partial charge in [-0.25, -0.2) is 0 Å². The van der Waals surface area contributed by atoms with E-state index in [0.717, 1.165) is 6.42 Å². The lowest BCUT2D eigenvalue weighted by Crippen LogP contribution is -2.27. The van der Waals surface area contributed by atoms with Crippen molar-refractivity contribution in [3.8, 4) is 5.75 Å². The van der Waals surface area contributed by atoms with E-state index in [4.69, 9.17) is 4.74 Å². The predicted octanol–water partition coefficient (Wildman–Crippen LogP) is 3.86. The van der Waals surface area contributed by atoms with Crippen LogP contribution in [0, 0.1) is 0 Å². The van der Waals surface area contributed by atoms with E-state index in [0.29, 0.717) is 17.9 Å². The number of aromatic nitrogens is 1. The van der Waals surface area contributed by atoms with Gasteiger partial charge in [-0.2, -0.15) is 13.2 Å². The fraction of sp³-hybridized carbons (Fsp3) is 0.643. The number of nitrogens with zero attached hydrogens (tertiary/aromatic N) is 1. The van der Waals surface area contributed by atoms with Gasteiger partial charge in [0.15, 0.2) is 0 Å². The molecule has 0 bridgehead atoms. The molecular weight excluding hydrogens is 269 g/mol. The van der Waals surface area contributed by atoms with E-state index in [1.165, 1.54) is 12.4 Å². The Morgan fingerprint density at radius 2 is 2.00 bits per heavy atom. The number of pyridine rings is 1. The molecule has 0 saturated heterocycles. The lowest BCUT2D eigenvalue weighted by molar-refractivity contribution is -0.140. The Balaban J connectivity index is 2.88. The first kappa shape index (κ1) is 16.8. The van der Waals surface area contributed by atoms with Crippen molar-refractivity contribution in [1.29, 1.82) is 0 Å². The topological polar surface area (TPSA) is 34.2 Å². The third-order valence-electron chi connectivity index (χ3n) is 2.58. The van der Waals surface area contributed by atoms with Crippen LogP contribution in [-0.4, -0.2) is 23.8 Å². The number of ether oxygens (including phenoxy) is 1. The zero-order chi connectivity index (χ0) is 15.2. The Morgan fingerprint density at radius 3 is 2.55 bits per heavy atom. The molecule has 0 fully saturated rings. The van der Waals surface area contributed by atoms with Gasteiger partial charge >= 0.3 is 6.18 Å². The van der Waals surface area contributed by atoms with Crippen LogP contribution in [-0.2, 0) is 0 Å². The van der Waals surface area contributed by atoms with Crippen molar-refractivity contribution in [2.75, 3.05) is 6.54 Å². The van der Waals surface area contributed by atoms with Gasteiger partial charge in [0.25, 0.3) is 0 Å². The zero-order valence-electron chi connectivity index (χ0n) is 12.0. The molecule has 114 valence electrons. The Bertz CT molecular complexity index is 408. The van der Waals surface area contributed by atoms with Crippen molar-refractivity contribution >= 4 is 0 Å². The molecule has 0 aliphatic rings. The second kappa shape index (κ2) is 7.47. The maximum atomic E-state index is 12.6. The maximum Gasteiger partial charge on any atom is 0.390 e. The van der Waals surface area contributed by atoms with Crippen molar-refractivity contribution in [2.24, 2.45) is 0 Å². The Kier molecular flexibility index (Phi) is 6.26. The minimum absolute atomic E-state index is 0.0447. The van der Waals surface area contributed by atoms with E-state index in [9.17, 15) is 13.2 Å². The number of nitrogens with one attached hydrogen (secondary N) is 1. The second-order valence-corrected chi connectivity index (χ2v) is 4.95. The van der Waals surface area contributed by atoms with Crippen LogP contribution in [0.5, 0.6) is 5.75 Å². The summed E-state index contributed by atoms with van der Waals surface area (Å²) in [6, 6.07) is 0.824. The van der Waals surface area contributed by atoms with Crippen LogP contribution in [0.3, 0.4) is 0 Å². The largest absolute Gasteiger partial charge is 0.489 e. The third-order valence-corrected chi connectivity index (χ3v) is 2.58. The predicted molar refractivity (Wildman–Crippen MR) is 71.7 cm³/mol. The van der Waals surface area contributed by atoms with Crippen molar-refractivity contribution in [3.63, 3.8) is 0 Å². The van der Waals surface area contributed by atoms with E-state index < -0.39 is 18.6 Å². The molecule has 1 heterocycles. The van der Waals surface area contributed by atoms with Gasteiger partial charge in [0, 0.05) is 12.2 Å². The van der Waals surface area contributed by atoms with Crippen molar-refractivity contribution in [3.05, 3.63) is 24.0 Å². The second-order valence-electron chi connectivity index (χ2n) is 4.95. The highest BCUT2D eigenvalue weighted by Crippen LogP contribution is 2.30. The summed E-state index contributed by atoms with van der Waals surface area (Å²) in [5.41, 5.74) is 0.494. The van der Waals surface area contributed by atoms with Crippen LogP contribution in [0.15, 0.2) is 18.5 Å². The van der Waals surface area contributed by atoms with E-state index >= 15 is 0 Å². The number of hydrogen-bond acceptors (Lipinski definition) is 3. The number of halogens is 3. The SMILES string of the molecule is CCCNC(CC(F)(F)F)c1cncc(OC(C)C)c1. The van der Waals surface area contributed by atoms with E-state index in [2.05, 4.69) is 10.3 Å². The molecular formula is C14H21F3N2O.